The molecule has 7 heteroatoms. The van der Waals surface area contributed by atoms with Crippen LogP contribution in [0.1, 0.15) is 74.1 Å². The Hall–Kier alpha value is -2.12. The molecule has 1 aliphatic carbocycles. The van der Waals surface area contributed by atoms with Crippen molar-refractivity contribution < 1.29 is 14.0 Å². The largest absolute Gasteiger partial charge is 0.465 e. The van der Waals surface area contributed by atoms with Crippen LogP contribution in [0.3, 0.4) is 0 Å². The van der Waals surface area contributed by atoms with E-state index < -0.39 is 8.32 Å². The number of hydrogen-bond donors (Lipinski definition) is 1. The summed E-state index contributed by atoms with van der Waals surface area (Å²) in [7, 11) is -0.371. The molecule has 0 spiro atoms. The Bertz CT molecular complexity index is 938. The molecule has 1 fully saturated rings. The van der Waals surface area contributed by atoms with E-state index in [9.17, 15) is 4.79 Å². The van der Waals surface area contributed by atoms with Gasteiger partial charge in [-0.1, -0.05) is 20.8 Å². The molecule has 1 saturated carbocycles. The molecule has 0 radical (unpaired) electrons. The SMILES string of the molecule is COC(=O)c1cc(N)c(-n2ccnc2C2CCC(O[Si](C)(C)C(C)(C)C)CC2)cc1C. The summed E-state index contributed by atoms with van der Waals surface area (Å²) >= 11 is 0. The fourth-order valence-electron chi connectivity index (χ4n) is 4.10. The Morgan fingerprint density at radius 3 is 2.42 bits per heavy atom. The lowest BCUT2D eigenvalue weighted by molar-refractivity contribution is 0.0600. The van der Waals surface area contributed by atoms with E-state index in [1.165, 1.54) is 7.11 Å². The lowest BCUT2D eigenvalue weighted by Gasteiger charge is -2.41. The second-order valence-corrected chi connectivity index (χ2v) is 15.0. The monoisotopic (exact) mass is 443 g/mol. The molecule has 0 saturated heterocycles. The average molecular weight is 444 g/mol. The number of nitrogens with two attached hydrogens (primary N) is 1. The average Bonchev–Trinajstić information content (AvgIpc) is 3.17. The minimum atomic E-state index is -1.75. The number of aromatic nitrogens is 2. The number of carbonyl (C=O) groups excluding carboxylic acids is 1. The Labute approximate surface area is 187 Å². The van der Waals surface area contributed by atoms with E-state index in [2.05, 4.69) is 43.4 Å². The molecule has 6 nitrogen and oxygen atoms in total. The number of carbonyl (C=O) groups is 1. The highest BCUT2D eigenvalue weighted by Crippen LogP contribution is 2.41. The highest BCUT2D eigenvalue weighted by atomic mass is 28.4. The van der Waals surface area contributed by atoms with Crippen LogP contribution in [0.5, 0.6) is 0 Å². The molecule has 1 aromatic carbocycles. The smallest absolute Gasteiger partial charge is 0.338 e. The van der Waals surface area contributed by atoms with Crippen LogP contribution in [-0.4, -0.2) is 37.1 Å². The third-order valence-corrected chi connectivity index (χ3v) is 11.5. The number of aryl methyl sites for hydroxylation is 1. The van der Waals surface area contributed by atoms with Gasteiger partial charge in [-0.05, 0) is 68.4 Å². The van der Waals surface area contributed by atoms with E-state index in [1.807, 2.05) is 25.4 Å². The fourth-order valence-corrected chi connectivity index (χ4v) is 5.52. The lowest BCUT2D eigenvalue weighted by Crippen LogP contribution is -2.44. The summed E-state index contributed by atoms with van der Waals surface area (Å²) in [5.74, 6) is 1.03. The fraction of sp³-hybridized carbons (Fsp3) is 0.583. The van der Waals surface area contributed by atoms with Crippen LogP contribution in [0, 0.1) is 6.92 Å². The van der Waals surface area contributed by atoms with Crippen LogP contribution in [0.2, 0.25) is 18.1 Å². The first-order valence-corrected chi connectivity index (χ1v) is 14.1. The molecule has 2 N–H and O–H groups in total. The number of benzene rings is 1. The molecule has 0 amide bonds. The Morgan fingerprint density at radius 1 is 1.19 bits per heavy atom. The van der Waals surface area contributed by atoms with E-state index in [0.717, 1.165) is 42.8 Å². The van der Waals surface area contributed by atoms with Crippen molar-refractivity contribution in [3.63, 3.8) is 0 Å². The van der Waals surface area contributed by atoms with E-state index in [1.54, 1.807) is 6.07 Å². The van der Waals surface area contributed by atoms with Crippen molar-refractivity contribution in [1.29, 1.82) is 0 Å². The maximum Gasteiger partial charge on any atom is 0.338 e. The van der Waals surface area contributed by atoms with Crippen LogP contribution in [0.25, 0.3) is 5.69 Å². The van der Waals surface area contributed by atoms with Crippen LogP contribution in [0.4, 0.5) is 5.69 Å². The minimum Gasteiger partial charge on any atom is -0.465 e. The van der Waals surface area contributed by atoms with Crippen molar-refractivity contribution in [3.8, 4) is 5.69 Å². The predicted molar refractivity (Wildman–Crippen MR) is 127 cm³/mol. The highest BCUT2D eigenvalue weighted by Gasteiger charge is 2.40. The van der Waals surface area contributed by atoms with E-state index in [4.69, 9.17) is 14.9 Å². The van der Waals surface area contributed by atoms with Gasteiger partial charge in [0.1, 0.15) is 5.82 Å². The summed E-state index contributed by atoms with van der Waals surface area (Å²) in [6.45, 7) is 13.4. The minimum absolute atomic E-state index is 0.228. The molecule has 1 heterocycles. The summed E-state index contributed by atoms with van der Waals surface area (Å²) in [6.07, 6.45) is 8.34. The maximum atomic E-state index is 12.0. The molecule has 1 aliphatic rings. The molecule has 0 atom stereocenters. The van der Waals surface area contributed by atoms with Crippen molar-refractivity contribution in [2.45, 2.75) is 83.5 Å². The number of anilines is 1. The second-order valence-electron chi connectivity index (χ2n) is 10.2. The van der Waals surface area contributed by atoms with Crippen LogP contribution < -0.4 is 5.73 Å². The molecule has 2 aromatic rings. The summed E-state index contributed by atoms with van der Waals surface area (Å²) in [6, 6.07) is 3.64. The van der Waals surface area contributed by atoms with Gasteiger partial charge >= 0.3 is 5.97 Å². The number of methoxy groups -OCH3 is 1. The topological polar surface area (TPSA) is 79.4 Å². The highest BCUT2D eigenvalue weighted by molar-refractivity contribution is 6.74. The zero-order chi connectivity index (χ0) is 23.0. The number of rotatable bonds is 5. The third kappa shape index (κ3) is 4.88. The van der Waals surface area contributed by atoms with Crippen LogP contribution >= 0.6 is 0 Å². The van der Waals surface area contributed by atoms with Gasteiger partial charge < -0.3 is 19.5 Å². The van der Waals surface area contributed by atoms with Crippen LogP contribution in [-0.2, 0) is 9.16 Å². The van der Waals surface area contributed by atoms with Crippen molar-refractivity contribution in [2.75, 3.05) is 12.8 Å². The quantitative estimate of drug-likeness (QED) is 0.370. The first-order chi connectivity index (χ1) is 14.4. The summed E-state index contributed by atoms with van der Waals surface area (Å²) in [5.41, 5.74) is 9.06. The molecule has 0 bridgehead atoms. The van der Waals surface area contributed by atoms with Crippen molar-refractivity contribution >= 4 is 20.0 Å². The predicted octanol–water partition coefficient (Wildman–Crippen LogP) is 5.60. The van der Waals surface area contributed by atoms with Gasteiger partial charge in [0.05, 0.1) is 24.0 Å². The van der Waals surface area contributed by atoms with Gasteiger partial charge in [0.2, 0.25) is 0 Å². The van der Waals surface area contributed by atoms with E-state index in [-0.39, 0.29) is 11.0 Å². The first-order valence-electron chi connectivity index (χ1n) is 11.1. The molecular weight excluding hydrogens is 406 g/mol. The molecule has 0 unspecified atom stereocenters. The van der Waals surface area contributed by atoms with Crippen molar-refractivity contribution in [3.05, 3.63) is 41.5 Å². The zero-order valence-electron chi connectivity index (χ0n) is 20.0. The molecule has 170 valence electrons. The molecule has 0 aliphatic heterocycles. The second kappa shape index (κ2) is 8.79. The van der Waals surface area contributed by atoms with Gasteiger partial charge in [-0.3, -0.25) is 0 Å². The van der Waals surface area contributed by atoms with Crippen molar-refractivity contribution in [2.24, 2.45) is 0 Å². The van der Waals surface area contributed by atoms with Gasteiger partial charge in [-0.2, -0.15) is 0 Å². The summed E-state index contributed by atoms with van der Waals surface area (Å²) < 4.78 is 13.6. The Morgan fingerprint density at radius 2 is 1.84 bits per heavy atom. The van der Waals surface area contributed by atoms with E-state index >= 15 is 0 Å². The zero-order valence-corrected chi connectivity index (χ0v) is 21.0. The van der Waals surface area contributed by atoms with Gasteiger partial charge in [0, 0.05) is 24.4 Å². The standard InChI is InChI=1S/C24H37N3O3Si/c1-16-14-21(20(25)15-19(16)23(28)29-5)27-13-12-26-22(27)17-8-10-18(11-9-17)30-31(6,7)24(2,3)4/h12-15,17-18H,8-11,25H2,1-7H3. The molecular formula is C24H37N3O3Si. The molecule has 1 aromatic heterocycles. The number of ether oxygens (including phenoxy) is 1. The first kappa shape index (κ1) is 23.5. The van der Waals surface area contributed by atoms with Gasteiger partial charge in [0.15, 0.2) is 8.32 Å². The van der Waals surface area contributed by atoms with Crippen LogP contribution in [0.15, 0.2) is 24.5 Å². The summed E-state index contributed by atoms with van der Waals surface area (Å²) in [5, 5.41) is 0.228. The molecule has 31 heavy (non-hydrogen) atoms. The molecule has 3 rings (SSSR count). The number of imidazole rings is 1. The number of hydrogen-bond acceptors (Lipinski definition) is 5. The number of nitrogen functional groups attached to an aromatic ring is 1. The lowest BCUT2D eigenvalue weighted by atomic mass is 9.87. The van der Waals surface area contributed by atoms with Gasteiger partial charge in [-0.25, -0.2) is 9.78 Å². The number of esters is 1. The van der Waals surface area contributed by atoms with Gasteiger partial charge in [0.25, 0.3) is 0 Å². The Kier molecular flexibility index (Phi) is 6.67. The van der Waals surface area contributed by atoms with E-state index in [0.29, 0.717) is 23.3 Å². The normalized spacial score (nSPS) is 20.0. The van der Waals surface area contributed by atoms with Crippen molar-refractivity contribution in [1.82, 2.24) is 9.55 Å². The third-order valence-electron chi connectivity index (χ3n) is 7.01. The maximum absolute atomic E-state index is 12.0. The summed E-state index contributed by atoms with van der Waals surface area (Å²) in [4.78, 5) is 16.7. The Balaban J connectivity index is 1.77. The number of nitrogens with zero attached hydrogens (tertiary/aromatic N) is 2. The van der Waals surface area contributed by atoms with Gasteiger partial charge in [-0.15, -0.1) is 0 Å².